The van der Waals surface area contributed by atoms with Crippen LogP contribution in [0.25, 0.3) is 0 Å². The van der Waals surface area contributed by atoms with Crippen molar-refractivity contribution in [2.24, 2.45) is 5.73 Å². The molecule has 0 fully saturated rings. The van der Waals surface area contributed by atoms with Crippen LogP contribution in [0.3, 0.4) is 0 Å². The highest BCUT2D eigenvalue weighted by Crippen LogP contribution is 2.09. The number of carbonyl (C=O) groups excluding carboxylic acids is 1. The number of rotatable bonds is 6. The highest BCUT2D eigenvalue weighted by molar-refractivity contribution is 5.95. The van der Waals surface area contributed by atoms with Crippen LogP contribution in [-0.2, 0) is 0 Å². The van der Waals surface area contributed by atoms with Gasteiger partial charge in [-0.1, -0.05) is 13.3 Å². The number of hydrogen-bond donors (Lipinski definition) is 1. The molecule has 1 amide bonds. The van der Waals surface area contributed by atoms with Crippen molar-refractivity contribution in [2.75, 3.05) is 19.6 Å². The van der Waals surface area contributed by atoms with E-state index in [-0.39, 0.29) is 5.91 Å². The molecular weight excluding hydrogens is 214 g/mol. The van der Waals surface area contributed by atoms with Gasteiger partial charge in [0.15, 0.2) is 0 Å². The topological polar surface area (TPSA) is 59.2 Å². The van der Waals surface area contributed by atoms with Gasteiger partial charge in [0.2, 0.25) is 0 Å². The zero-order valence-corrected chi connectivity index (χ0v) is 10.6. The average molecular weight is 235 g/mol. The quantitative estimate of drug-likeness (QED) is 0.814. The average Bonchev–Trinajstić information content (AvgIpc) is 2.34. The normalized spacial score (nSPS) is 10.3. The van der Waals surface area contributed by atoms with Gasteiger partial charge in [0.25, 0.3) is 5.91 Å². The van der Waals surface area contributed by atoms with Crippen molar-refractivity contribution in [3.63, 3.8) is 0 Å². The second kappa shape index (κ2) is 7.01. The van der Waals surface area contributed by atoms with E-state index in [0.717, 1.165) is 25.1 Å². The van der Waals surface area contributed by atoms with Crippen LogP contribution in [0.2, 0.25) is 0 Å². The van der Waals surface area contributed by atoms with Gasteiger partial charge < -0.3 is 10.6 Å². The van der Waals surface area contributed by atoms with E-state index in [2.05, 4.69) is 11.9 Å². The van der Waals surface area contributed by atoms with Crippen LogP contribution in [0.4, 0.5) is 0 Å². The van der Waals surface area contributed by atoms with Gasteiger partial charge in [-0.25, -0.2) is 0 Å². The van der Waals surface area contributed by atoms with Gasteiger partial charge in [-0.15, -0.1) is 0 Å². The Morgan fingerprint density at radius 2 is 2.24 bits per heavy atom. The highest BCUT2D eigenvalue weighted by atomic mass is 16.2. The van der Waals surface area contributed by atoms with Crippen LogP contribution in [0, 0.1) is 6.92 Å². The van der Waals surface area contributed by atoms with Crippen molar-refractivity contribution < 1.29 is 4.79 Å². The first kappa shape index (κ1) is 13.6. The largest absolute Gasteiger partial charge is 0.337 e. The molecule has 0 saturated heterocycles. The Morgan fingerprint density at radius 3 is 2.82 bits per heavy atom. The predicted molar refractivity (Wildman–Crippen MR) is 68.8 cm³/mol. The zero-order chi connectivity index (χ0) is 12.7. The maximum Gasteiger partial charge on any atom is 0.255 e. The molecule has 1 aromatic heterocycles. The molecule has 0 unspecified atom stereocenters. The summed E-state index contributed by atoms with van der Waals surface area (Å²) in [7, 11) is 0. The first-order valence-electron chi connectivity index (χ1n) is 6.11. The first-order valence-corrected chi connectivity index (χ1v) is 6.11. The van der Waals surface area contributed by atoms with Gasteiger partial charge in [-0.3, -0.25) is 9.78 Å². The highest BCUT2D eigenvalue weighted by Gasteiger charge is 2.16. The molecule has 0 atom stereocenters. The van der Waals surface area contributed by atoms with E-state index in [9.17, 15) is 4.79 Å². The molecule has 0 aromatic carbocycles. The lowest BCUT2D eigenvalue weighted by atomic mass is 10.1. The molecule has 4 nitrogen and oxygen atoms in total. The lowest BCUT2D eigenvalue weighted by Gasteiger charge is -2.22. The molecule has 0 bridgehead atoms. The number of nitrogens with two attached hydrogens (primary N) is 1. The number of hydrogen-bond acceptors (Lipinski definition) is 3. The molecule has 0 spiro atoms. The van der Waals surface area contributed by atoms with Crippen LogP contribution in [0.1, 0.15) is 35.8 Å². The van der Waals surface area contributed by atoms with E-state index >= 15 is 0 Å². The van der Waals surface area contributed by atoms with Gasteiger partial charge in [0, 0.05) is 31.5 Å². The third-order valence-electron chi connectivity index (χ3n) is 2.71. The van der Waals surface area contributed by atoms with Gasteiger partial charge in [0.05, 0.1) is 5.56 Å². The molecule has 0 radical (unpaired) electrons. The number of carbonyl (C=O) groups is 1. The summed E-state index contributed by atoms with van der Waals surface area (Å²) in [6.45, 7) is 5.83. The Bertz CT molecular complexity index is 365. The van der Waals surface area contributed by atoms with E-state index in [0.29, 0.717) is 18.7 Å². The molecule has 0 saturated carbocycles. The summed E-state index contributed by atoms with van der Waals surface area (Å²) in [5.74, 6) is 0.0366. The maximum atomic E-state index is 12.3. The van der Waals surface area contributed by atoms with Crippen LogP contribution >= 0.6 is 0 Å². The van der Waals surface area contributed by atoms with E-state index in [1.165, 1.54) is 0 Å². The molecule has 0 aliphatic heterocycles. The molecule has 0 aliphatic carbocycles. The summed E-state index contributed by atoms with van der Waals surface area (Å²) in [5.41, 5.74) is 7.00. The Labute approximate surface area is 103 Å². The van der Waals surface area contributed by atoms with E-state index in [4.69, 9.17) is 5.73 Å². The minimum atomic E-state index is 0.0366. The summed E-state index contributed by atoms with van der Waals surface area (Å²) >= 11 is 0. The van der Waals surface area contributed by atoms with Crippen molar-refractivity contribution in [3.8, 4) is 0 Å². The Morgan fingerprint density at radius 1 is 1.47 bits per heavy atom. The second-order valence-electron chi connectivity index (χ2n) is 4.07. The fraction of sp³-hybridized carbons (Fsp3) is 0.538. The van der Waals surface area contributed by atoms with Crippen molar-refractivity contribution in [1.82, 2.24) is 9.88 Å². The molecular formula is C13H21N3O. The molecule has 1 aromatic rings. The van der Waals surface area contributed by atoms with Crippen LogP contribution in [0.5, 0.6) is 0 Å². The van der Waals surface area contributed by atoms with E-state index in [1.807, 2.05) is 17.9 Å². The summed E-state index contributed by atoms with van der Waals surface area (Å²) in [4.78, 5) is 18.2. The molecule has 1 heterocycles. The summed E-state index contributed by atoms with van der Waals surface area (Å²) in [6, 6.07) is 3.61. The number of amides is 1. The fourth-order valence-corrected chi connectivity index (χ4v) is 1.70. The molecule has 2 N–H and O–H groups in total. The second-order valence-corrected chi connectivity index (χ2v) is 4.07. The number of pyridine rings is 1. The number of nitrogens with zero attached hydrogens (tertiary/aromatic N) is 2. The monoisotopic (exact) mass is 235 g/mol. The van der Waals surface area contributed by atoms with Crippen LogP contribution in [0.15, 0.2) is 18.3 Å². The Balaban J connectivity index is 2.80. The SMILES string of the molecule is CCCCN(CCN)C(=O)c1cccnc1C. The molecule has 4 heteroatoms. The van der Waals surface area contributed by atoms with E-state index < -0.39 is 0 Å². The fourth-order valence-electron chi connectivity index (χ4n) is 1.70. The minimum absolute atomic E-state index is 0.0366. The third-order valence-corrected chi connectivity index (χ3v) is 2.71. The van der Waals surface area contributed by atoms with Gasteiger partial charge in [-0.2, -0.15) is 0 Å². The molecule has 0 aliphatic rings. The zero-order valence-electron chi connectivity index (χ0n) is 10.6. The van der Waals surface area contributed by atoms with Gasteiger partial charge in [-0.05, 0) is 25.5 Å². The summed E-state index contributed by atoms with van der Waals surface area (Å²) in [6.07, 6.45) is 3.77. The van der Waals surface area contributed by atoms with Crippen molar-refractivity contribution in [2.45, 2.75) is 26.7 Å². The minimum Gasteiger partial charge on any atom is -0.337 e. The summed E-state index contributed by atoms with van der Waals surface area (Å²) < 4.78 is 0. The summed E-state index contributed by atoms with van der Waals surface area (Å²) in [5, 5.41) is 0. The predicted octanol–water partition coefficient (Wildman–Crippen LogP) is 1.59. The third kappa shape index (κ3) is 3.82. The Kier molecular flexibility index (Phi) is 5.63. The molecule has 94 valence electrons. The lowest BCUT2D eigenvalue weighted by Crippen LogP contribution is -2.36. The van der Waals surface area contributed by atoms with Crippen LogP contribution in [-0.4, -0.2) is 35.4 Å². The van der Waals surface area contributed by atoms with Crippen LogP contribution < -0.4 is 5.73 Å². The maximum absolute atomic E-state index is 12.3. The van der Waals surface area contributed by atoms with E-state index in [1.54, 1.807) is 12.3 Å². The Hall–Kier alpha value is -1.42. The van der Waals surface area contributed by atoms with Crippen molar-refractivity contribution in [1.29, 1.82) is 0 Å². The number of unbranched alkanes of at least 4 members (excludes halogenated alkanes) is 1. The number of aryl methyl sites for hydroxylation is 1. The standard InChI is InChI=1S/C13H21N3O/c1-3-4-9-16(10-7-14)13(17)12-6-5-8-15-11(12)2/h5-6,8H,3-4,7,9-10,14H2,1-2H3. The molecule has 17 heavy (non-hydrogen) atoms. The smallest absolute Gasteiger partial charge is 0.255 e. The molecule has 1 rings (SSSR count). The number of aromatic nitrogens is 1. The van der Waals surface area contributed by atoms with Crippen molar-refractivity contribution >= 4 is 5.91 Å². The van der Waals surface area contributed by atoms with Gasteiger partial charge in [0.1, 0.15) is 0 Å². The van der Waals surface area contributed by atoms with Crippen molar-refractivity contribution in [3.05, 3.63) is 29.6 Å². The first-order chi connectivity index (χ1) is 8.20. The van der Waals surface area contributed by atoms with Gasteiger partial charge >= 0.3 is 0 Å². The lowest BCUT2D eigenvalue weighted by molar-refractivity contribution is 0.0757.